The van der Waals surface area contributed by atoms with E-state index >= 15 is 0 Å². The van der Waals surface area contributed by atoms with E-state index in [9.17, 15) is 5.21 Å². The van der Waals surface area contributed by atoms with E-state index in [1.165, 1.54) is 0 Å². The first kappa shape index (κ1) is 15.4. The number of benzene rings is 3. The second-order valence-corrected chi connectivity index (χ2v) is 6.24. The van der Waals surface area contributed by atoms with Gasteiger partial charge in [-0.3, -0.25) is 0 Å². The molecule has 0 fully saturated rings. The maximum absolute atomic E-state index is 9.51. The molecule has 0 radical (unpaired) electrons. The number of hydrogen-bond acceptors (Lipinski definition) is 3. The summed E-state index contributed by atoms with van der Waals surface area (Å²) < 4.78 is 0. The number of hydrogen-bond donors (Lipinski definition) is 1. The molecule has 3 aromatic rings. The Hall–Kier alpha value is -2.52. The van der Waals surface area contributed by atoms with Crippen LogP contribution in [0, 0.1) is 0 Å². The van der Waals surface area contributed by atoms with Gasteiger partial charge in [0.1, 0.15) is 0 Å². The first-order valence-corrected chi connectivity index (χ1v) is 8.25. The van der Waals surface area contributed by atoms with Crippen molar-refractivity contribution < 1.29 is 5.21 Å². The molecule has 1 N–H and O–H groups in total. The largest absolute Gasteiger partial charge is 0.411 e. The second-order valence-electron chi connectivity index (χ2n) is 5.12. The molecule has 114 valence electrons. The quantitative estimate of drug-likeness (QED) is 0.395. The number of oxime groups is 1. The minimum atomic E-state index is 0.601. The summed E-state index contributed by atoms with van der Waals surface area (Å²) in [7, 11) is 0. The average molecular weight is 319 g/mol. The van der Waals surface area contributed by atoms with Gasteiger partial charge in [0, 0.05) is 21.8 Å². The van der Waals surface area contributed by atoms with Gasteiger partial charge in [-0.05, 0) is 23.8 Å². The fraction of sp³-hybridized carbons (Fsp3) is 0.0500. The maximum atomic E-state index is 9.51. The molecule has 0 aliphatic rings. The van der Waals surface area contributed by atoms with Crippen LogP contribution < -0.4 is 0 Å². The smallest absolute Gasteiger partial charge is 0.0922 e. The summed E-state index contributed by atoms with van der Waals surface area (Å²) in [6.07, 6.45) is 0.601. The van der Waals surface area contributed by atoms with Crippen LogP contribution in [0.25, 0.3) is 0 Å². The number of rotatable bonds is 5. The highest BCUT2D eigenvalue weighted by molar-refractivity contribution is 7.99. The van der Waals surface area contributed by atoms with Crippen molar-refractivity contribution in [3.05, 3.63) is 96.1 Å². The third-order valence-electron chi connectivity index (χ3n) is 3.50. The fourth-order valence-electron chi connectivity index (χ4n) is 2.38. The highest BCUT2D eigenvalue weighted by atomic mass is 32.2. The first-order chi connectivity index (χ1) is 11.4. The highest BCUT2D eigenvalue weighted by Gasteiger charge is 2.11. The molecule has 0 aliphatic carbocycles. The summed E-state index contributed by atoms with van der Waals surface area (Å²) in [6, 6.07) is 28.3. The van der Waals surface area contributed by atoms with Gasteiger partial charge < -0.3 is 5.21 Å². The summed E-state index contributed by atoms with van der Waals surface area (Å²) in [4.78, 5) is 2.25. The molecule has 0 bridgehead atoms. The Morgan fingerprint density at radius 2 is 1.39 bits per heavy atom. The molecule has 0 saturated heterocycles. The minimum absolute atomic E-state index is 0.601. The molecule has 0 spiro atoms. The lowest BCUT2D eigenvalue weighted by Crippen LogP contribution is -2.07. The predicted octanol–water partition coefficient (Wildman–Crippen LogP) is 5.26. The molecule has 0 aliphatic heterocycles. The van der Waals surface area contributed by atoms with Crippen LogP contribution in [0.3, 0.4) is 0 Å². The van der Waals surface area contributed by atoms with Gasteiger partial charge in [-0.1, -0.05) is 83.6 Å². The van der Waals surface area contributed by atoms with Crippen molar-refractivity contribution in [1.82, 2.24) is 0 Å². The van der Waals surface area contributed by atoms with Crippen molar-refractivity contribution in [2.24, 2.45) is 5.16 Å². The molecule has 0 aromatic heterocycles. The molecular formula is C20H17NOS. The van der Waals surface area contributed by atoms with Gasteiger partial charge in [0.15, 0.2) is 0 Å². The molecule has 0 heterocycles. The lowest BCUT2D eigenvalue weighted by molar-refractivity contribution is 0.318. The van der Waals surface area contributed by atoms with E-state index < -0.39 is 0 Å². The van der Waals surface area contributed by atoms with Crippen LogP contribution in [0.4, 0.5) is 0 Å². The molecule has 23 heavy (non-hydrogen) atoms. The second kappa shape index (κ2) is 7.65. The van der Waals surface area contributed by atoms with E-state index in [2.05, 4.69) is 23.4 Å². The molecule has 0 atom stereocenters. The Kier molecular flexibility index (Phi) is 5.12. The van der Waals surface area contributed by atoms with Crippen molar-refractivity contribution in [1.29, 1.82) is 0 Å². The minimum Gasteiger partial charge on any atom is -0.411 e. The SMILES string of the molecule is O/N=C(\Cc1ccccc1)c1ccccc1Sc1ccccc1. The Balaban J connectivity index is 1.89. The summed E-state index contributed by atoms with van der Waals surface area (Å²) in [6.45, 7) is 0. The van der Waals surface area contributed by atoms with E-state index in [-0.39, 0.29) is 0 Å². The third kappa shape index (κ3) is 4.02. The summed E-state index contributed by atoms with van der Waals surface area (Å²) in [5, 5.41) is 13.1. The lowest BCUT2D eigenvalue weighted by atomic mass is 10.0. The first-order valence-electron chi connectivity index (χ1n) is 7.44. The molecule has 3 rings (SSSR count). The molecule has 3 heteroatoms. The van der Waals surface area contributed by atoms with E-state index in [4.69, 9.17) is 0 Å². The highest BCUT2D eigenvalue weighted by Crippen LogP contribution is 2.31. The summed E-state index contributed by atoms with van der Waals surface area (Å²) in [5.41, 5.74) is 2.77. The van der Waals surface area contributed by atoms with Gasteiger partial charge in [-0.2, -0.15) is 0 Å². The van der Waals surface area contributed by atoms with Crippen molar-refractivity contribution in [2.75, 3.05) is 0 Å². The monoisotopic (exact) mass is 319 g/mol. The van der Waals surface area contributed by atoms with E-state index in [0.29, 0.717) is 12.1 Å². The standard InChI is InChI=1S/C20H17NOS/c22-21-19(15-16-9-3-1-4-10-16)18-13-7-8-14-20(18)23-17-11-5-2-6-12-17/h1-14,22H,15H2/b21-19+. The van der Waals surface area contributed by atoms with Gasteiger partial charge in [-0.25, -0.2) is 0 Å². The van der Waals surface area contributed by atoms with Crippen LogP contribution in [0.2, 0.25) is 0 Å². The Morgan fingerprint density at radius 1 is 0.783 bits per heavy atom. The van der Waals surface area contributed by atoms with Gasteiger partial charge in [0.25, 0.3) is 0 Å². The third-order valence-corrected chi connectivity index (χ3v) is 4.59. The van der Waals surface area contributed by atoms with Crippen LogP contribution in [0.1, 0.15) is 11.1 Å². The van der Waals surface area contributed by atoms with Crippen LogP contribution in [0.15, 0.2) is 99.9 Å². The predicted molar refractivity (Wildman–Crippen MR) is 95.5 cm³/mol. The maximum Gasteiger partial charge on any atom is 0.0922 e. The number of nitrogens with zero attached hydrogens (tertiary/aromatic N) is 1. The zero-order valence-electron chi connectivity index (χ0n) is 12.6. The molecule has 2 nitrogen and oxygen atoms in total. The van der Waals surface area contributed by atoms with Gasteiger partial charge >= 0.3 is 0 Å². The summed E-state index contributed by atoms with van der Waals surface area (Å²) >= 11 is 1.68. The van der Waals surface area contributed by atoms with E-state index in [0.717, 1.165) is 20.9 Å². The van der Waals surface area contributed by atoms with Crippen molar-refractivity contribution in [3.8, 4) is 0 Å². The average Bonchev–Trinajstić information content (AvgIpc) is 2.62. The Bertz CT molecular complexity index is 785. The van der Waals surface area contributed by atoms with Crippen molar-refractivity contribution >= 4 is 17.5 Å². The van der Waals surface area contributed by atoms with E-state index in [1.54, 1.807) is 11.8 Å². The topological polar surface area (TPSA) is 32.6 Å². The van der Waals surface area contributed by atoms with Gasteiger partial charge in [-0.15, -0.1) is 0 Å². The molecule has 0 unspecified atom stereocenters. The van der Waals surface area contributed by atoms with E-state index in [1.807, 2.05) is 66.7 Å². The Morgan fingerprint density at radius 3 is 2.09 bits per heavy atom. The van der Waals surface area contributed by atoms with Crippen LogP contribution in [0.5, 0.6) is 0 Å². The zero-order chi connectivity index (χ0) is 15.9. The lowest BCUT2D eigenvalue weighted by Gasteiger charge is -2.11. The molecule has 0 saturated carbocycles. The normalized spacial score (nSPS) is 11.4. The van der Waals surface area contributed by atoms with Crippen LogP contribution >= 0.6 is 11.8 Å². The van der Waals surface area contributed by atoms with Gasteiger partial charge in [0.2, 0.25) is 0 Å². The van der Waals surface area contributed by atoms with Crippen LogP contribution in [-0.4, -0.2) is 10.9 Å². The van der Waals surface area contributed by atoms with Gasteiger partial charge in [0.05, 0.1) is 5.71 Å². The zero-order valence-corrected chi connectivity index (χ0v) is 13.4. The van der Waals surface area contributed by atoms with Crippen molar-refractivity contribution in [2.45, 2.75) is 16.2 Å². The van der Waals surface area contributed by atoms with Crippen LogP contribution in [-0.2, 0) is 6.42 Å². The molecular weight excluding hydrogens is 302 g/mol. The molecule has 0 amide bonds. The molecule has 3 aromatic carbocycles. The summed E-state index contributed by atoms with van der Waals surface area (Å²) in [5.74, 6) is 0. The Labute approximate surface area is 140 Å². The van der Waals surface area contributed by atoms with Crippen molar-refractivity contribution in [3.63, 3.8) is 0 Å². The fourth-order valence-corrected chi connectivity index (χ4v) is 3.37.